The van der Waals surface area contributed by atoms with E-state index in [2.05, 4.69) is 21.2 Å². The minimum atomic E-state index is -0.610. The average Bonchev–Trinajstić information content (AvgIpc) is 2.80. The predicted molar refractivity (Wildman–Crippen MR) is 137 cm³/mol. The molecule has 1 aliphatic rings. The molecule has 1 saturated carbocycles. The number of nitrogens with one attached hydrogen (secondary N) is 1. The van der Waals surface area contributed by atoms with Gasteiger partial charge in [0, 0.05) is 33.4 Å². The number of benzene rings is 2. The lowest BCUT2D eigenvalue weighted by atomic mass is 9.95. The minimum Gasteiger partial charge on any atom is -0.352 e. The number of carbonyl (C=O) groups is 2. The van der Waals surface area contributed by atoms with Crippen LogP contribution >= 0.6 is 39.3 Å². The number of amides is 2. The Bertz CT molecular complexity index is 934. The van der Waals surface area contributed by atoms with Crippen LogP contribution in [0.25, 0.3) is 0 Å². The zero-order chi connectivity index (χ0) is 23.8. The van der Waals surface area contributed by atoms with E-state index < -0.39 is 6.04 Å². The van der Waals surface area contributed by atoms with Crippen molar-refractivity contribution in [2.45, 2.75) is 63.4 Å². The van der Waals surface area contributed by atoms with E-state index in [0.717, 1.165) is 35.7 Å². The van der Waals surface area contributed by atoms with Crippen LogP contribution in [0.1, 0.15) is 50.2 Å². The van der Waals surface area contributed by atoms with Crippen LogP contribution in [-0.4, -0.2) is 34.6 Å². The summed E-state index contributed by atoms with van der Waals surface area (Å²) in [5.74, 6) is -0.264. The number of hydrogen-bond donors (Lipinski definition) is 1. The summed E-state index contributed by atoms with van der Waals surface area (Å²) in [6, 6.07) is 11.8. The summed E-state index contributed by atoms with van der Waals surface area (Å²) in [6.45, 7) is 2.10. The third-order valence-corrected chi connectivity index (χ3v) is 7.75. The topological polar surface area (TPSA) is 49.4 Å². The molecule has 8 heteroatoms. The molecule has 0 unspecified atom stereocenters. The Morgan fingerprint density at radius 2 is 1.88 bits per heavy atom. The number of nitrogens with zero attached hydrogens (tertiary/aromatic N) is 1. The van der Waals surface area contributed by atoms with Crippen molar-refractivity contribution in [2.24, 2.45) is 0 Å². The van der Waals surface area contributed by atoms with Gasteiger partial charge in [0.1, 0.15) is 11.9 Å². The summed E-state index contributed by atoms with van der Waals surface area (Å²) in [5.41, 5.74) is 1.32. The average molecular weight is 556 g/mol. The first-order valence-corrected chi connectivity index (χ1v) is 13.5. The van der Waals surface area contributed by atoms with Crippen LogP contribution in [0.3, 0.4) is 0 Å². The van der Waals surface area contributed by atoms with Crippen molar-refractivity contribution in [2.75, 3.05) is 5.75 Å². The Balaban J connectivity index is 1.67. The van der Waals surface area contributed by atoms with E-state index in [9.17, 15) is 14.0 Å². The first-order chi connectivity index (χ1) is 15.8. The highest BCUT2D eigenvalue weighted by atomic mass is 79.9. The lowest BCUT2D eigenvalue weighted by molar-refractivity contribution is -0.139. The fraction of sp³-hybridized carbons (Fsp3) is 0.440. The normalized spacial score (nSPS) is 15.2. The zero-order valence-electron chi connectivity index (χ0n) is 18.7. The maximum absolute atomic E-state index is 14.1. The summed E-state index contributed by atoms with van der Waals surface area (Å²) in [5, 5.41) is 3.48. The molecular weight excluding hydrogens is 527 g/mol. The van der Waals surface area contributed by atoms with E-state index in [1.807, 2.05) is 24.3 Å². The number of rotatable bonds is 9. The van der Waals surface area contributed by atoms with Crippen molar-refractivity contribution < 1.29 is 14.0 Å². The first kappa shape index (κ1) is 26.0. The fourth-order valence-corrected chi connectivity index (χ4v) is 5.44. The van der Waals surface area contributed by atoms with Crippen LogP contribution < -0.4 is 5.32 Å². The second kappa shape index (κ2) is 12.8. The summed E-state index contributed by atoms with van der Waals surface area (Å²) in [4.78, 5) is 27.8. The molecule has 3 rings (SSSR count). The maximum Gasteiger partial charge on any atom is 0.242 e. The van der Waals surface area contributed by atoms with Crippen molar-refractivity contribution in [3.05, 3.63) is 68.9 Å². The van der Waals surface area contributed by atoms with Crippen LogP contribution in [-0.2, 0) is 21.9 Å². The Hall–Kier alpha value is -1.57. The molecule has 2 aromatic rings. The van der Waals surface area contributed by atoms with Crippen molar-refractivity contribution in [1.29, 1.82) is 0 Å². The standard InChI is InChI=1S/C25H29BrClFN2O2S/c1-17(25(32)29-20-6-3-2-4-7-20)30(14-18-10-12-19(26)13-11-18)24(31)16-33-15-21-22(27)8-5-9-23(21)28/h5,8-13,17,20H,2-4,6-7,14-16H2,1H3,(H,29,32)/t17-/m1/s1. The lowest BCUT2D eigenvalue weighted by Crippen LogP contribution is -2.50. The van der Waals surface area contributed by atoms with Crippen molar-refractivity contribution in [1.82, 2.24) is 10.2 Å². The Labute approximate surface area is 212 Å². The SMILES string of the molecule is C[C@H](C(=O)NC1CCCCC1)N(Cc1ccc(Br)cc1)C(=O)CSCc1c(F)cccc1Cl. The highest BCUT2D eigenvalue weighted by Gasteiger charge is 2.28. The number of thioether (sulfide) groups is 1. The number of halogens is 3. The Morgan fingerprint density at radius 3 is 2.55 bits per heavy atom. The molecule has 0 aliphatic heterocycles. The van der Waals surface area contributed by atoms with E-state index in [4.69, 9.17) is 11.6 Å². The molecule has 0 spiro atoms. The lowest BCUT2D eigenvalue weighted by Gasteiger charge is -2.31. The summed E-state index contributed by atoms with van der Waals surface area (Å²) in [7, 11) is 0. The number of hydrogen-bond acceptors (Lipinski definition) is 3. The minimum absolute atomic E-state index is 0.127. The van der Waals surface area contributed by atoms with Gasteiger partial charge in [0.05, 0.1) is 5.75 Å². The van der Waals surface area contributed by atoms with Crippen LogP contribution in [0.15, 0.2) is 46.9 Å². The highest BCUT2D eigenvalue weighted by molar-refractivity contribution is 9.10. The molecule has 1 aliphatic carbocycles. The second-order valence-corrected chi connectivity index (χ2v) is 10.7. The third-order valence-electron chi connectivity index (χ3n) is 5.92. The van der Waals surface area contributed by atoms with Gasteiger partial charge in [-0.2, -0.15) is 0 Å². The van der Waals surface area contributed by atoms with Gasteiger partial charge in [-0.3, -0.25) is 9.59 Å². The van der Waals surface area contributed by atoms with E-state index in [1.165, 1.54) is 24.2 Å². The van der Waals surface area contributed by atoms with Gasteiger partial charge in [-0.15, -0.1) is 11.8 Å². The molecule has 1 N–H and O–H groups in total. The Morgan fingerprint density at radius 1 is 1.18 bits per heavy atom. The van der Waals surface area contributed by atoms with E-state index in [0.29, 0.717) is 17.1 Å². The molecule has 0 radical (unpaired) electrons. The smallest absolute Gasteiger partial charge is 0.242 e. The van der Waals surface area contributed by atoms with E-state index >= 15 is 0 Å². The molecule has 1 fully saturated rings. The first-order valence-electron chi connectivity index (χ1n) is 11.2. The van der Waals surface area contributed by atoms with E-state index in [1.54, 1.807) is 24.0 Å². The van der Waals surface area contributed by atoms with Crippen molar-refractivity contribution in [3.8, 4) is 0 Å². The van der Waals surface area contributed by atoms with Crippen molar-refractivity contribution >= 4 is 51.1 Å². The summed E-state index contributed by atoms with van der Waals surface area (Å²) in [6.07, 6.45) is 5.42. The quantitative estimate of drug-likeness (QED) is 0.393. The summed E-state index contributed by atoms with van der Waals surface area (Å²) < 4.78 is 15.0. The molecule has 2 aromatic carbocycles. The monoisotopic (exact) mass is 554 g/mol. The molecule has 0 heterocycles. The number of carbonyl (C=O) groups excluding carboxylic acids is 2. The Kier molecular flexibility index (Phi) is 10.1. The van der Waals surface area contributed by atoms with Crippen molar-refractivity contribution in [3.63, 3.8) is 0 Å². The molecule has 0 bridgehead atoms. The van der Waals surface area contributed by atoms with Crippen LogP contribution in [0.4, 0.5) is 4.39 Å². The molecule has 33 heavy (non-hydrogen) atoms. The molecule has 178 valence electrons. The van der Waals surface area contributed by atoms with Gasteiger partial charge in [0.15, 0.2) is 0 Å². The van der Waals surface area contributed by atoms with Gasteiger partial charge < -0.3 is 10.2 Å². The third kappa shape index (κ3) is 7.72. The van der Waals surface area contributed by atoms with Gasteiger partial charge in [-0.1, -0.05) is 65.0 Å². The molecule has 0 aromatic heterocycles. The zero-order valence-corrected chi connectivity index (χ0v) is 21.8. The van der Waals surface area contributed by atoms with Crippen LogP contribution in [0, 0.1) is 5.82 Å². The predicted octanol–water partition coefficient (Wildman–Crippen LogP) is 6.34. The van der Waals surface area contributed by atoms with Gasteiger partial charge in [0.25, 0.3) is 0 Å². The molecule has 1 atom stereocenters. The van der Waals surface area contributed by atoms with Crippen LogP contribution in [0.2, 0.25) is 5.02 Å². The largest absolute Gasteiger partial charge is 0.352 e. The van der Waals surface area contributed by atoms with Crippen LogP contribution in [0.5, 0.6) is 0 Å². The fourth-order valence-electron chi connectivity index (χ4n) is 3.93. The van der Waals surface area contributed by atoms with Gasteiger partial charge in [-0.25, -0.2) is 4.39 Å². The molecule has 4 nitrogen and oxygen atoms in total. The molecular formula is C25H29BrClFN2O2S. The molecule has 2 amide bonds. The molecule has 0 saturated heterocycles. The van der Waals surface area contributed by atoms with Gasteiger partial charge in [0.2, 0.25) is 11.8 Å². The summed E-state index contributed by atoms with van der Waals surface area (Å²) >= 11 is 10.8. The van der Waals surface area contributed by atoms with Gasteiger partial charge >= 0.3 is 0 Å². The second-order valence-electron chi connectivity index (χ2n) is 8.36. The maximum atomic E-state index is 14.1. The highest BCUT2D eigenvalue weighted by Crippen LogP contribution is 2.25. The van der Waals surface area contributed by atoms with E-state index in [-0.39, 0.29) is 35.2 Å². The van der Waals surface area contributed by atoms with Gasteiger partial charge in [-0.05, 0) is 49.6 Å².